The molecule has 9 heavy (non-hydrogen) atoms. The fourth-order valence-corrected chi connectivity index (χ4v) is 0.589. The molecule has 0 unspecified atom stereocenters. The van der Waals surface area contributed by atoms with Crippen LogP contribution < -0.4 is 0 Å². The van der Waals surface area contributed by atoms with Crippen molar-refractivity contribution in [1.29, 1.82) is 0 Å². The van der Waals surface area contributed by atoms with Gasteiger partial charge in [-0.05, 0) is 32.6 Å². The van der Waals surface area contributed by atoms with E-state index in [0.717, 1.165) is 25.7 Å². The van der Waals surface area contributed by atoms with Gasteiger partial charge in [0.15, 0.2) is 0 Å². The summed E-state index contributed by atoms with van der Waals surface area (Å²) >= 11 is 0. The molecule has 0 aromatic heterocycles. The van der Waals surface area contributed by atoms with Crippen LogP contribution in [0.25, 0.3) is 0 Å². The van der Waals surface area contributed by atoms with E-state index in [1.165, 1.54) is 0 Å². The van der Waals surface area contributed by atoms with Crippen molar-refractivity contribution >= 4 is 0 Å². The van der Waals surface area contributed by atoms with Crippen molar-refractivity contribution < 1.29 is 0 Å². The number of hydrogen-bond donors (Lipinski definition) is 0. The molecule has 0 aromatic carbocycles. The van der Waals surface area contributed by atoms with Crippen LogP contribution in [0.2, 0.25) is 0 Å². The third kappa shape index (κ3) is 7.48. The highest BCUT2D eigenvalue weighted by molar-refractivity contribution is 4.82. The van der Waals surface area contributed by atoms with Gasteiger partial charge in [-0.2, -0.15) is 0 Å². The highest BCUT2D eigenvalue weighted by Crippen LogP contribution is 1.96. The van der Waals surface area contributed by atoms with Crippen LogP contribution in [-0.4, -0.2) is 0 Å². The maximum Gasteiger partial charge on any atom is -0.0345 e. The monoisotopic (exact) mass is 122 g/mol. The largest absolute Gasteiger partial charge is 0.0885 e. The van der Waals surface area contributed by atoms with E-state index in [1.807, 2.05) is 0 Å². The summed E-state index contributed by atoms with van der Waals surface area (Å²) in [6, 6.07) is 0. The van der Waals surface area contributed by atoms with Crippen molar-refractivity contribution in [2.24, 2.45) is 0 Å². The quantitative estimate of drug-likeness (QED) is 0.388. The van der Waals surface area contributed by atoms with Gasteiger partial charge in [-0.1, -0.05) is 24.8 Å². The molecule has 0 aliphatic heterocycles. The van der Waals surface area contributed by atoms with E-state index in [2.05, 4.69) is 19.1 Å². The van der Waals surface area contributed by atoms with Crippen LogP contribution in [0.1, 0.15) is 25.7 Å². The second kappa shape index (κ2) is 7.48. The van der Waals surface area contributed by atoms with Crippen molar-refractivity contribution in [2.75, 3.05) is 0 Å². The van der Waals surface area contributed by atoms with E-state index in [4.69, 9.17) is 6.58 Å². The summed E-state index contributed by atoms with van der Waals surface area (Å²) in [5, 5.41) is 0. The Morgan fingerprint density at radius 1 is 1.22 bits per heavy atom. The molecule has 0 heteroatoms. The van der Waals surface area contributed by atoms with Gasteiger partial charge in [-0.15, -0.1) is 0 Å². The fourth-order valence-electron chi connectivity index (χ4n) is 0.589. The predicted molar refractivity (Wildman–Crippen MR) is 41.8 cm³/mol. The Hall–Kier alpha value is -0.520. The predicted octanol–water partition coefficient (Wildman–Crippen LogP) is 2.93. The summed E-state index contributed by atoms with van der Waals surface area (Å²) in [4.78, 5) is 0. The zero-order chi connectivity index (χ0) is 6.95. The van der Waals surface area contributed by atoms with Crippen LogP contribution in [0, 0.1) is 13.5 Å². The van der Waals surface area contributed by atoms with Gasteiger partial charge in [-0.25, -0.2) is 0 Å². The van der Waals surface area contributed by atoms with Gasteiger partial charge < -0.3 is 0 Å². The second-order valence-electron chi connectivity index (χ2n) is 1.93. The normalized spacial score (nSPS) is 10.3. The highest BCUT2D eigenvalue weighted by atomic mass is 13.8. The molecule has 0 nitrogen and oxygen atoms in total. The highest BCUT2D eigenvalue weighted by Gasteiger charge is 1.76. The van der Waals surface area contributed by atoms with E-state index < -0.39 is 0 Å². The SMILES string of the molecule is [CH]=CCCC/C=C/C[CH2]. The minimum Gasteiger partial charge on any atom is -0.0885 e. The van der Waals surface area contributed by atoms with Crippen molar-refractivity contribution in [2.45, 2.75) is 25.7 Å². The number of hydrogen-bond acceptors (Lipinski definition) is 0. The minimum atomic E-state index is 0.895. The summed E-state index contributed by atoms with van der Waals surface area (Å²) in [7, 11) is 0. The van der Waals surface area contributed by atoms with Crippen molar-refractivity contribution in [3.8, 4) is 0 Å². The average molecular weight is 122 g/mol. The third-order valence-electron chi connectivity index (χ3n) is 1.07. The van der Waals surface area contributed by atoms with Gasteiger partial charge >= 0.3 is 0 Å². The molecule has 50 valence electrons. The zero-order valence-corrected chi connectivity index (χ0v) is 5.84. The molecule has 0 bridgehead atoms. The maximum absolute atomic E-state index is 5.18. The molecule has 0 aliphatic carbocycles. The van der Waals surface area contributed by atoms with Gasteiger partial charge in [0.25, 0.3) is 0 Å². The first-order chi connectivity index (χ1) is 4.41. The van der Waals surface area contributed by atoms with E-state index in [9.17, 15) is 0 Å². The van der Waals surface area contributed by atoms with Crippen molar-refractivity contribution in [3.63, 3.8) is 0 Å². The lowest BCUT2D eigenvalue weighted by atomic mass is 10.2. The van der Waals surface area contributed by atoms with Crippen molar-refractivity contribution in [3.05, 3.63) is 31.7 Å². The third-order valence-corrected chi connectivity index (χ3v) is 1.07. The summed E-state index contributed by atoms with van der Waals surface area (Å²) in [6.07, 6.45) is 10.1. The molecule has 0 spiro atoms. The van der Waals surface area contributed by atoms with Crippen LogP contribution in [0.4, 0.5) is 0 Å². The second-order valence-corrected chi connectivity index (χ2v) is 1.93. The van der Waals surface area contributed by atoms with E-state index in [1.54, 1.807) is 6.08 Å². The molecule has 2 radical (unpaired) electrons. The molecule has 0 heterocycles. The summed E-state index contributed by atoms with van der Waals surface area (Å²) in [5.74, 6) is 0. The Kier molecular flexibility index (Phi) is 7.05. The molecule has 0 atom stereocenters. The first-order valence-electron chi connectivity index (χ1n) is 3.39. The number of unbranched alkanes of at least 4 members (excludes halogenated alkanes) is 2. The Morgan fingerprint density at radius 3 is 2.56 bits per heavy atom. The summed E-state index contributed by atoms with van der Waals surface area (Å²) < 4.78 is 0. The Morgan fingerprint density at radius 2 is 2.00 bits per heavy atom. The van der Waals surface area contributed by atoms with Crippen LogP contribution in [0.5, 0.6) is 0 Å². The zero-order valence-electron chi connectivity index (χ0n) is 5.84. The number of rotatable bonds is 5. The van der Waals surface area contributed by atoms with Crippen LogP contribution in [0.15, 0.2) is 18.2 Å². The summed E-state index contributed by atoms with van der Waals surface area (Å²) in [5.41, 5.74) is 0. The molecule has 0 fully saturated rings. The van der Waals surface area contributed by atoms with Crippen molar-refractivity contribution in [1.82, 2.24) is 0 Å². The smallest absolute Gasteiger partial charge is 0.0345 e. The Labute approximate surface area is 58.3 Å². The lowest BCUT2D eigenvalue weighted by Gasteiger charge is -1.86. The molecule has 0 N–H and O–H groups in total. The first-order valence-corrected chi connectivity index (χ1v) is 3.39. The van der Waals surface area contributed by atoms with Crippen LogP contribution in [-0.2, 0) is 0 Å². The van der Waals surface area contributed by atoms with Gasteiger partial charge in [0.1, 0.15) is 0 Å². The standard InChI is InChI=1S/C9H14/c1-3-5-7-9-8-6-4-2/h1,3,6,8H,2,4-5,7,9H2/b3-1?,8-6+. The van der Waals surface area contributed by atoms with Gasteiger partial charge in [0.2, 0.25) is 0 Å². The van der Waals surface area contributed by atoms with Gasteiger partial charge in [0.05, 0.1) is 0 Å². The maximum atomic E-state index is 5.18. The molecule has 0 aliphatic rings. The topological polar surface area (TPSA) is 0 Å². The van der Waals surface area contributed by atoms with E-state index >= 15 is 0 Å². The Balaban J connectivity index is 2.90. The fraction of sp³-hybridized carbons (Fsp3) is 0.444. The van der Waals surface area contributed by atoms with E-state index in [0.29, 0.717) is 0 Å². The van der Waals surface area contributed by atoms with Crippen LogP contribution >= 0.6 is 0 Å². The van der Waals surface area contributed by atoms with Gasteiger partial charge in [0, 0.05) is 0 Å². The molecule has 0 rings (SSSR count). The molecule has 0 saturated heterocycles. The van der Waals surface area contributed by atoms with Gasteiger partial charge in [-0.3, -0.25) is 0 Å². The summed E-state index contributed by atoms with van der Waals surface area (Å²) in [6.45, 7) is 8.87. The average Bonchev–Trinajstić information content (AvgIpc) is 1.89. The lowest BCUT2D eigenvalue weighted by Crippen LogP contribution is -1.66. The Bertz CT molecular complexity index is 80.0. The molecule has 0 aromatic rings. The van der Waals surface area contributed by atoms with E-state index in [-0.39, 0.29) is 0 Å². The number of allylic oxidation sites excluding steroid dienone is 3. The van der Waals surface area contributed by atoms with Crippen LogP contribution in [0.3, 0.4) is 0 Å². The molecular weight excluding hydrogens is 108 g/mol. The molecule has 0 amide bonds. The lowest BCUT2D eigenvalue weighted by molar-refractivity contribution is 0.866. The molecule has 0 saturated carbocycles. The first kappa shape index (κ1) is 8.48. The minimum absolute atomic E-state index is 0.895. The molecular formula is C9H14.